The van der Waals surface area contributed by atoms with Crippen molar-refractivity contribution in [1.82, 2.24) is 5.32 Å². The van der Waals surface area contributed by atoms with Gasteiger partial charge in [-0.2, -0.15) is 0 Å². The van der Waals surface area contributed by atoms with Crippen LogP contribution >= 0.6 is 0 Å². The molecule has 94 valence electrons. The van der Waals surface area contributed by atoms with E-state index in [2.05, 4.69) is 19.2 Å². The summed E-state index contributed by atoms with van der Waals surface area (Å²) in [6.45, 7) is 11.9. The molecule has 0 unspecified atom stereocenters. The van der Waals surface area contributed by atoms with E-state index in [0.29, 0.717) is 5.92 Å². The van der Waals surface area contributed by atoms with Crippen molar-refractivity contribution in [2.24, 2.45) is 5.92 Å². The van der Waals surface area contributed by atoms with Crippen molar-refractivity contribution in [3.63, 3.8) is 0 Å². The van der Waals surface area contributed by atoms with Gasteiger partial charge in [-0.05, 0) is 33.2 Å². The number of ether oxygens (including phenoxy) is 1. The number of hydrogen-bond donors (Lipinski definition) is 1. The van der Waals surface area contributed by atoms with Crippen molar-refractivity contribution in [2.75, 3.05) is 7.05 Å². The van der Waals surface area contributed by atoms with Gasteiger partial charge in [-0.15, -0.1) is 0 Å². The number of rotatable bonds is 5. The van der Waals surface area contributed by atoms with Crippen molar-refractivity contribution in [3.05, 3.63) is 0 Å². The first-order chi connectivity index (χ1) is 6.97. The molecule has 0 aromatic rings. The quantitative estimate of drug-likeness (QED) is 0.723. The number of esters is 1. The van der Waals surface area contributed by atoms with Gasteiger partial charge in [0.15, 0.2) is 0 Å². The lowest BCUT2D eigenvalue weighted by Crippen LogP contribution is -2.37. The minimum atomic E-state index is -0.164. The van der Waals surface area contributed by atoms with Gasteiger partial charge >= 0.3 is 5.97 Å². The highest BCUT2D eigenvalue weighted by molar-refractivity contribution is 5.75. The third-order valence-electron chi connectivity index (χ3n) is 1.69. The highest BCUT2D eigenvalue weighted by Crippen LogP contribution is 2.06. The lowest BCUT2D eigenvalue weighted by atomic mass is 10.0. The Morgan fingerprint density at radius 1 is 1.27 bits per heavy atom. The SMILES string of the molecule is CC.CN[C@@H](CC(C)C)C(=O)OC(C)C.[HH]. The van der Waals surface area contributed by atoms with Crippen LogP contribution in [-0.4, -0.2) is 25.2 Å². The van der Waals surface area contributed by atoms with Crippen LogP contribution in [0.1, 0.15) is 49.4 Å². The lowest BCUT2D eigenvalue weighted by Gasteiger charge is -2.18. The summed E-state index contributed by atoms with van der Waals surface area (Å²) >= 11 is 0. The summed E-state index contributed by atoms with van der Waals surface area (Å²) in [4.78, 5) is 11.4. The van der Waals surface area contributed by atoms with Crippen molar-refractivity contribution in [2.45, 2.75) is 60.1 Å². The zero-order valence-electron chi connectivity index (χ0n) is 11.3. The summed E-state index contributed by atoms with van der Waals surface area (Å²) < 4.78 is 5.10. The number of nitrogens with one attached hydrogen (secondary N) is 1. The van der Waals surface area contributed by atoms with Gasteiger partial charge in [0, 0.05) is 1.43 Å². The molecular weight excluding hydrogens is 190 g/mol. The topological polar surface area (TPSA) is 38.3 Å². The molecule has 0 aromatic carbocycles. The van der Waals surface area contributed by atoms with Gasteiger partial charge < -0.3 is 10.1 Å². The molecule has 0 aliphatic heterocycles. The summed E-state index contributed by atoms with van der Waals surface area (Å²) in [5.41, 5.74) is 0. The first kappa shape index (κ1) is 16.8. The van der Waals surface area contributed by atoms with Crippen molar-refractivity contribution < 1.29 is 11.0 Å². The Labute approximate surface area is 96.1 Å². The van der Waals surface area contributed by atoms with Crippen LogP contribution < -0.4 is 5.32 Å². The van der Waals surface area contributed by atoms with E-state index in [0.717, 1.165) is 6.42 Å². The van der Waals surface area contributed by atoms with E-state index >= 15 is 0 Å². The van der Waals surface area contributed by atoms with Crippen LogP contribution in [0.5, 0.6) is 0 Å². The molecule has 0 aliphatic rings. The van der Waals surface area contributed by atoms with Crippen molar-refractivity contribution >= 4 is 5.97 Å². The monoisotopic (exact) mass is 219 g/mol. The Hall–Kier alpha value is -0.570. The Kier molecular flexibility index (Phi) is 11.2. The molecule has 0 saturated carbocycles. The second-order valence-electron chi connectivity index (χ2n) is 3.96. The highest BCUT2D eigenvalue weighted by atomic mass is 16.5. The van der Waals surface area contributed by atoms with E-state index < -0.39 is 0 Å². The smallest absolute Gasteiger partial charge is 0.323 e. The zero-order valence-corrected chi connectivity index (χ0v) is 11.3. The molecule has 3 nitrogen and oxygen atoms in total. The largest absolute Gasteiger partial charge is 0.462 e. The van der Waals surface area contributed by atoms with Gasteiger partial charge in [0.25, 0.3) is 0 Å². The fraction of sp³-hybridized carbons (Fsp3) is 0.917. The van der Waals surface area contributed by atoms with Crippen LogP contribution in [-0.2, 0) is 9.53 Å². The lowest BCUT2D eigenvalue weighted by molar-refractivity contribution is -0.150. The van der Waals surface area contributed by atoms with Crippen LogP contribution in [0, 0.1) is 5.92 Å². The summed E-state index contributed by atoms with van der Waals surface area (Å²) in [5, 5.41) is 2.96. The average molecular weight is 219 g/mol. The Morgan fingerprint density at radius 3 is 2.00 bits per heavy atom. The number of carbonyl (C=O) groups is 1. The molecular formula is C12H29NO2. The van der Waals surface area contributed by atoms with Crippen LogP contribution in [0.15, 0.2) is 0 Å². The molecule has 1 N–H and O–H groups in total. The summed E-state index contributed by atoms with van der Waals surface area (Å²) in [5.74, 6) is 0.350. The number of carbonyl (C=O) groups excluding carboxylic acids is 1. The van der Waals surface area contributed by atoms with Crippen LogP contribution in [0.2, 0.25) is 0 Å². The Balaban J connectivity index is -0.000000529. The van der Waals surface area contributed by atoms with E-state index in [-0.39, 0.29) is 19.5 Å². The van der Waals surface area contributed by atoms with E-state index in [1.54, 1.807) is 7.05 Å². The highest BCUT2D eigenvalue weighted by Gasteiger charge is 2.19. The normalized spacial score (nSPS) is 12.1. The summed E-state index contributed by atoms with van der Waals surface area (Å²) in [6.07, 6.45) is 0.790. The standard InChI is InChI=1S/C10H21NO2.C2H6.H2/c1-7(2)6-9(11-5)10(12)13-8(3)4;1-2;/h7-9,11H,6H2,1-5H3;1-2H3;1H/t9-;;/m0../s1. The second-order valence-corrected chi connectivity index (χ2v) is 3.96. The molecule has 0 rings (SSSR count). The maximum absolute atomic E-state index is 11.4. The molecule has 0 heterocycles. The van der Waals surface area contributed by atoms with Crippen LogP contribution in [0.25, 0.3) is 0 Å². The van der Waals surface area contributed by atoms with E-state index in [1.807, 2.05) is 27.7 Å². The molecule has 0 aliphatic carbocycles. The molecule has 0 radical (unpaired) electrons. The van der Waals surface area contributed by atoms with E-state index in [4.69, 9.17) is 4.74 Å². The van der Waals surface area contributed by atoms with Gasteiger partial charge in [0.2, 0.25) is 0 Å². The third-order valence-corrected chi connectivity index (χ3v) is 1.69. The molecule has 0 bridgehead atoms. The maximum atomic E-state index is 11.4. The fourth-order valence-corrected chi connectivity index (χ4v) is 1.12. The molecule has 0 amide bonds. The molecule has 0 saturated heterocycles. The zero-order chi connectivity index (χ0) is 12.4. The van der Waals surface area contributed by atoms with Crippen LogP contribution in [0.3, 0.4) is 0 Å². The van der Waals surface area contributed by atoms with Crippen molar-refractivity contribution in [1.29, 1.82) is 0 Å². The van der Waals surface area contributed by atoms with Gasteiger partial charge in [-0.3, -0.25) is 4.79 Å². The molecule has 0 fully saturated rings. The Bertz CT molecular complexity index is 161. The van der Waals surface area contributed by atoms with Gasteiger partial charge in [-0.1, -0.05) is 27.7 Å². The minimum Gasteiger partial charge on any atom is -0.462 e. The Morgan fingerprint density at radius 2 is 1.73 bits per heavy atom. The maximum Gasteiger partial charge on any atom is 0.323 e. The summed E-state index contributed by atoms with van der Waals surface area (Å²) in [7, 11) is 1.79. The van der Waals surface area contributed by atoms with Gasteiger partial charge in [0.1, 0.15) is 6.04 Å². The first-order valence-electron chi connectivity index (χ1n) is 5.85. The predicted octanol–water partition coefficient (Wildman–Crippen LogP) is 2.84. The molecule has 1 atom stereocenters. The number of hydrogen-bond acceptors (Lipinski definition) is 3. The fourth-order valence-electron chi connectivity index (χ4n) is 1.12. The van der Waals surface area contributed by atoms with E-state index in [9.17, 15) is 4.79 Å². The van der Waals surface area contributed by atoms with Gasteiger partial charge in [-0.25, -0.2) is 0 Å². The predicted molar refractivity (Wildman–Crippen MR) is 67.0 cm³/mol. The van der Waals surface area contributed by atoms with Gasteiger partial charge in [0.05, 0.1) is 6.10 Å². The molecule has 0 aromatic heterocycles. The van der Waals surface area contributed by atoms with Crippen LogP contribution in [0.4, 0.5) is 0 Å². The minimum absolute atomic E-state index is 0. The summed E-state index contributed by atoms with van der Waals surface area (Å²) in [6, 6.07) is -0.164. The third kappa shape index (κ3) is 9.73. The average Bonchev–Trinajstić information content (AvgIpc) is 2.15. The second kappa shape index (κ2) is 9.97. The van der Waals surface area contributed by atoms with Crippen molar-refractivity contribution in [3.8, 4) is 0 Å². The molecule has 3 heteroatoms. The first-order valence-corrected chi connectivity index (χ1v) is 5.85. The molecule has 0 spiro atoms. The molecule has 15 heavy (non-hydrogen) atoms. The number of likely N-dealkylation sites (N-methyl/N-ethyl adjacent to an activating group) is 1. The van der Waals surface area contributed by atoms with E-state index in [1.165, 1.54) is 0 Å².